The van der Waals surface area contributed by atoms with Crippen LogP contribution in [0.5, 0.6) is 0 Å². The second-order valence-electron chi connectivity index (χ2n) is 4.90. The molecule has 2 aromatic rings. The molecule has 0 heterocycles. The number of rotatable bonds is 4. The van der Waals surface area contributed by atoms with E-state index in [4.69, 9.17) is 0 Å². The van der Waals surface area contributed by atoms with Crippen molar-refractivity contribution in [3.05, 3.63) is 71.0 Å². The normalized spacial score (nSPS) is 10.3. The highest BCUT2D eigenvalue weighted by Gasteiger charge is 2.16. The Balaban J connectivity index is 2.04. The van der Waals surface area contributed by atoms with Crippen molar-refractivity contribution in [2.45, 2.75) is 13.3 Å². The number of carbonyl (C=O) groups excluding carboxylic acids is 1. The van der Waals surface area contributed by atoms with Crippen molar-refractivity contribution < 1.29 is 9.18 Å². The quantitative estimate of drug-likeness (QED) is 0.834. The first-order chi connectivity index (χ1) is 9.59. The number of nitrogens with zero attached hydrogens (tertiary/aromatic N) is 1. The molecule has 0 saturated heterocycles. The maximum Gasteiger partial charge on any atom is 0.256 e. The van der Waals surface area contributed by atoms with Crippen LogP contribution in [0, 0.1) is 12.7 Å². The number of halogens is 1. The van der Waals surface area contributed by atoms with E-state index in [0.717, 1.165) is 12.0 Å². The summed E-state index contributed by atoms with van der Waals surface area (Å²) in [4.78, 5) is 13.8. The first-order valence-corrected chi connectivity index (χ1v) is 6.64. The van der Waals surface area contributed by atoms with Gasteiger partial charge in [0, 0.05) is 13.6 Å². The fourth-order valence-electron chi connectivity index (χ4n) is 2.06. The van der Waals surface area contributed by atoms with Gasteiger partial charge in [0.2, 0.25) is 0 Å². The molecule has 2 nitrogen and oxygen atoms in total. The maximum absolute atomic E-state index is 13.9. The van der Waals surface area contributed by atoms with Gasteiger partial charge in [-0.05, 0) is 30.5 Å². The van der Waals surface area contributed by atoms with E-state index in [-0.39, 0.29) is 11.5 Å². The van der Waals surface area contributed by atoms with E-state index in [1.807, 2.05) is 30.3 Å². The van der Waals surface area contributed by atoms with Gasteiger partial charge in [0.05, 0.1) is 5.56 Å². The van der Waals surface area contributed by atoms with Crippen LogP contribution in [0.25, 0.3) is 0 Å². The summed E-state index contributed by atoms with van der Waals surface area (Å²) < 4.78 is 13.9. The van der Waals surface area contributed by atoms with Crippen molar-refractivity contribution in [1.82, 2.24) is 4.90 Å². The maximum atomic E-state index is 13.9. The summed E-state index contributed by atoms with van der Waals surface area (Å²) in [5.74, 6) is -0.703. The molecule has 0 aromatic heterocycles. The summed E-state index contributed by atoms with van der Waals surface area (Å²) in [6, 6.07) is 14.8. The second-order valence-corrected chi connectivity index (χ2v) is 4.90. The molecule has 0 bridgehead atoms. The van der Waals surface area contributed by atoms with Gasteiger partial charge in [-0.3, -0.25) is 4.79 Å². The van der Waals surface area contributed by atoms with Crippen LogP contribution in [0.3, 0.4) is 0 Å². The summed E-state index contributed by atoms with van der Waals surface area (Å²) in [5.41, 5.74) is 1.80. The molecule has 2 rings (SSSR count). The average molecular weight is 271 g/mol. The van der Waals surface area contributed by atoms with E-state index in [1.54, 1.807) is 31.0 Å². The Labute approximate surface area is 118 Å². The van der Waals surface area contributed by atoms with Gasteiger partial charge in [-0.15, -0.1) is 0 Å². The lowest BCUT2D eigenvalue weighted by Gasteiger charge is -2.18. The molecule has 0 aliphatic heterocycles. The SMILES string of the molecule is Cc1cccc(C(=O)N(C)CCc2ccccc2)c1F. The Morgan fingerprint density at radius 1 is 1.10 bits per heavy atom. The van der Waals surface area contributed by atoms with E-state index in [2.05, 4.69) is 0 Å². The Morgan fingerprint density at radius 3 is 2.50 bits per heavy atom. The Hall–Kier alpha value is -2.16. The third-order valence-corrected chi connectivity index (χ3v) is 3.35. The zero-order chi connectivity index (χ0) is 14.5. The van der Waals surface area contributed by atoms with Crippen LogP contribution in [0.15, 0.2) is 48.5 Å². The van der Waals surface area contributed by atoms with Gasteiger partial charge in [0.1, 0.15) is 5.82 Å². The van der Waals surface area contributed by atoms with Crippen molar-refractivity contribution in [1.29, 1.82) is 0 Å². The number of aryl methyl sites for hydroxylation is 1. The van der Waals surface area contributed by atoms with Crippen molar-refractivity contribution in [2.24, 2.45) is 0 Å². The predicted molar refractivity (Wildman–Crippen MR) is 78.2 cm³/mol. The van der Waals surface area contributed by atoms with Gasteiger partial charge in [-0.25, -0.2) is 4.39 Å². The fourth-order valence-corrected chi connectivity index (χ4v) is 2.06. The third kappa shape index (κ3) is 3.23. The summed E-state index contributed by atoms with van der Waals surface area (Å²) in [7, 11) is 1.70. The van der Waals surface area contributed by atoms with Crippen LogP contribution in [-0.4, -0.2) is 24.4 Å². The van der Waals surface area contributed by atoms with Crippen LogP contribution in [0.1, 0.15) is 21.5 Å². The highest BCUT2D eigenvalue weighted by molar-refractivity contribution is 5.94. The van der Waals surface area contributed by atoms with E-state index in [1.165, 1.54) is 6.07 Å². The smallest absolute Gasteiger partial charge is 0.256 e. The number of amides is 1. The minimum absolute atomic E-state index is 0.139. The zero-order valence-corrected chi connectivity index (χ0v) is 11.8. The summed E-state index contributed by atoms with van der Waals surface area (Å²) in [6.45, 7) is 2.23. The molecule has 0 spiro atoms. The van der Waals surface area contributed by atoms with E-state index < -0.39 is 5.82 Å². The summed E-state index contributed by atoms with van der Waals surface area (Å²) >= 11 is 0. The molecule has 0 saturated carbocycles. The van der Waals surface area contributed by atoms with Crippen LogP contribution >= 0.6 is 0 Å². The number of hydrogen-bond donors (Lipinski definition) is 0. The number of benzene rings is 2. The molecule has 0 atom stereocenters. The van der Waals surface area contributed by atoms with Crippen molar-refractivity contribution >= 4 is 5.91 Å². The highest BCUT2D eigenvalue weighted by atomic mass is 19.1. The van der Waals surface area contributed by atoms with E-state index >= 15 is 0 Å². The molecule has 2 aromatic carbocycles. The topological polar surface area (TPSA) is 20.3 Å². The molecule has 0 aliphatic rings. The van der Waals surface area contributed by atoms with Crippen LogP contribution in [0.2, 0.25) is 0 Å². The predicted octanol–water partition coefficient (Wildman–Crippen LogP) is 3.45. The standard InChI is InChI=1S/C17H18FNO/c1-13-7-6-10-15(16(13)18)17(20)19(2)12-11-14-8-4-3-5-9-14/h3-10H,11-12H2,1-2H3. The first-order valence-electron chi connectivity index (χ1n) is 6.64. The Bertz CT molecular complexity index is 595. The van der Waals surface area contributed by atoms with Crippen molar-refractivity contribution in [2.75, 3.05) is 13.6 Å². The third-order valence-electron chi connectivity index (χ3n) is 3.35. The monoisotopic (exact) mass is 271 g/mol. The Kier molecular flexibility index (Phi) is 4.51. The minimum atomic E-state index is -0.427. The largest absolute Gasteiger partial charge is 0.341 e. The van der Waals surface area contributed by atoms with E-state index in [9.17, 15) is 9.18 Å². The molecule has 104 valence electrons. The van der Waals surface area contributed by atoms with Gasteiger partial charge < -0.3 is 4.90 Å². The molecule has 0 N–H and O–H groups in total. The molecular formula is C17H18FNO. The first kappa shape index (κ1) is 14.3. The average Bonchev–Trinajstić information content (AvgIpc) is 2.48. The van der Waals surface area contributed by atoms with Gasteiger partial charge in [-0.1, -0.05) is 42.5 Å². The van der Waals surface area contributed by atoms with Gasteiger partial charge in [-0.2, -0.15) is 0 Å². The lowest BCUT2D eigenvalue weighted by Crippen LogP contribution is -2.29. The van der Waals surface area contributed by atoms with Crippen LogP contribution in [-0.2, 0) is 6.42 Å². The van der Waals surface area contributed by atoms with Crippen LogP contribution < -0.4 is 0 Å². The lowest BCUT2D eigenvalue weighted by molar-refractivity contribution is 0.0792. The minimum Gasteiger partial charge on any atom is -0.341 e. The lowest BCUT2D eigenvalue weighted by atomic mass is 10.1. The van der Waals surface area contributed by atoms with Gasteiger partial charge in [0.25, 0.3) is 5.91 Å². The second kappa shape index (κ2) is 6.33. The van der Waals surface area contributed by atoms with Crippen molar-refractivity contribution in [3.8, 4) is 0 Å². The van der Waals surface area contributed by atoms with E-state index in [0.29, 0.717) is 12.1 Å². The molecule has 0 unspecified atom stereocenters. The zero-order valence-electron chi connectivity index (χ0n) is 11.8. The van der Waals surface area contributed by atoms with Gasteiger partial charge in [0.15, 0.2) is 0 Å². The van der Waals surface area contributed by atoms with Gasteiger partial charge >= 0.3 is 0 Å². The molecule has 0 fully saturated rings. The molecule has 0 radical (unpaired) electrons. The number of hydrogen-bond acceptors (Lipinski definition) is 1. The van der Waals surface area contributed by atoms with Crippen LogP contribution in [0.4, 0.5) is 4.39 Å². The molecule has 20 heavy (non-hydrogen) atoms. The fraction of sp³-hybridized carbons (Fsp3) is 0.235. The molecule has 0 aliphatic carbocycles. The molecule has 1 amide bonds. The summed E-state index contributed by atoms with van der Waals surface area (Å²) in [6.07, 6.45) is 0.760. The number of carbonyl (C=O) groups is 1. The molecule has 3 heteroatoms. The number of likely N-dealkylation sites (N-methyl/N-ethyl adjacent to an activating group) is 1. The summed E-state index contributed by atoms with van der Waals surface area (Å²) in [5, 5.41) is 0. The van der Waals surface area contributed by atoms with Crippen molar-refractivity contribution in [3.63, 3.8) is 0 Å². The highest BCUT2D eigenvalue weighted by Crippen LogP contribution is 2.14. The Morgan fingerprint density at radius 2 is 1.80 bits per heavy atom. The molecular weight excluding hydrogens is 253 g/mol.